The van der Waals surface area contributed by atoms with Crippen LogP contribution in [0.25, 0.3) is 0 Å². The van der Waals surface area contributed by atoms with Gasteiger partial charge in [-0.1, -0.05) is 60.7 Å². The van der Waals surface area contributed by atoms with Gasteiger partial charge in [0.05, 0.1) is 6.54 Å². The summed E-state index contributed by atoms with van der Waals surface area (Å²) in [7, 11) is 0. The van der Waals surface area contributed by atoms with Crippen LogP contribution >= 0.6 is 0 Å². The van der Waals surface area contributed by atoms with Crippen molar-refractivity contribution in [1.29, 1.82) is 0 Å². The predicted molar refractivity (Wildman–Crippen MR) is 99.9 cm³/mol. The number of amides is 1. The molecule has 0 saturated heterocycles. The summed E-state index contributed by atoms with van der Waals surface area (Å²) in [4.78, 5) is 17.5. The zero-order valence-corrected chi connectivity index (χ0v) is 14.7. The van der Waals surface area contributed by atoms with Gasteiger partial charge in [0.1, 0.15) is 0 Å². The number of benzene rings is 2. The maximum Gasteiger partial charge on any atom is 0.237 e. The zero-order valence-electron chi connectivity index (χ0n) is 14.7. The first kappa shape index (κ1) is 16.3. The normalized spacial score (nSPS) is 16.8. The minimum Gasteiger partial charge on any atom is -0.334 e. The molecule has 1 amide bonds. The van der Waals surface area contributed by atoms with Crippen molar-refractivity contribution >= 4 is 5.91 Å². The number of rotatable bonds is 8. The van der Waals surface area contributed by atoms with E-state index in [1.165, 1.54) is 24.0 Å². The molecule has 130 valence electrons. The molecule has 0 N–H and O–H groups in total. The topological polar surface area (TPSA) is 23.6 Å². The summed E-state index contributed by atoms with van der Waals surface area (Å²) in [5, 5.41) is 0. The summed E-state index contributed by atoms with van der Waals surface area (Å²) >= 11 is 0. The average Bonchev–Trinajstić information content (AvgIpc) is 3.54. The fourth-order valence-electron chi connectivity index (χ4n) is 3.42. The lowest BCUT2D eigenvalue weighted by atomic mass is 10.2. The second-order valence-electron chi connectivity index (χ2n) is 7.36. The van der Waals surface area contributed by atoms with Gasteiger partial charge in [0.15, 0.2) is 0 Å². The van der Waals surface area contributed by atoms with Gasteiger partial charge in [-0.05, 0) is 36.8 Å². The molecule has 0 atom stereocenters. The molecule has 25 heavy (non-hydrogen) atoms. The smallest absolute Gasteiger partial charge is 0.237 e. The summed E-state index contributed by atoms with van der Waals surface area (Å²) in [6, 6.07) is 21.9. The summed E-state index contributed by atoms with van der Waals surface area (Å²) in [5.74, 6) is 0.286. The van der Waals surface area contributed by atoms with Gasteiger partial charge in [0.2, 0.25) is 5.91 Å². The van der Waals surface area contributed by atoms with E-state index in [9.17, 15) is 4.79 Å². The third-order valence-electron chi connectivity index (χ3n) is 5.13. The van der Waals surface area contributed by atoms with Gasteiger partial charge in [0, 0.05) is 25.2 Å². The lowest BCUT2D eigenvalue weighted by molar-refractivity contribution is -0.134. The largest absolute Gasteiger partial charge is 0.334 e. The molecule has 0 bridgehead atoms. The van der Waals surface area contributed by atoms with Crippen molar-refractivity contribution in [2.45, 2.75) is 50.9 Å². The van der Waals surface area contributed by atoms with Crippen molar-refractivity contribution < 1.29 is 4.79 Å². The first-order chi connectivity index (χ1) is 12.3. The molecule has 0 unspecified atom stereocenters. The Balaban J connectivity index is 1.42. The van der Waals surface area contributed by atoms with Crippen LogP contribution in [0, 0.1) is 0 Å². The van der Waals surface area contributed by atoms with Crippen LogP contribution in [-0.2, 0) is 17.9 Å². The minimum atomic E-state index is 0.286. The fourth-order valence-corrected chi connectivity index (χ4v) is 3.42. The molecule has 3 nitrogen and oxygen atoms in total. The Morgan fingerprint density at radius 1 is 0.760 bits per heavy atom. The highest BCUT2D eigenvalue weighted by molar-refractivity contribution is 5.79. The maximum absolute atomic E-state index is 13.0. The van der Waals surface area contributed by atoms with Crippen molar-refractivity contribution in [2.75, 3.05) is 6.54 Å². The van der Waals surface area contributed by atoms with E-state index < -0.39 is 0 Å². The SMILES string of the molecule is O=C(CN(Cc1ccccc1)C1CC1)N(Cc1ccccc1)C1CC1. The molecule has 2 saturated carbocycles. The van der Waals surface area contributed by atoms with Gasteiger partial charge in [-0.25, -0.2) is 0 Å². The molecule has 0 aliphatic heterocycles. The molecule has 0 spiro atoms. The Hall–Kier alpha value is -2.13. The summed E-state index contributed by atoms with van der Waals surface area (Å²) < 4.78 is 0. The molecular formula is C22H26N2O. The minimum absolute atomic E-state index is 0.286. The quantitative estimate of drug-likeness (QED) is 0.732. The van der Waals surface area contributed by atoms with E-state index in [1.807, 2.05) is 12.1 Å². The first-order valence-corrected chi connectivity index (χ1v) is 9.41. The first-order valence-electron chi connectivity index (χ1n) is 9.41. The third-order valence-corrected chi connectivity index (χ3v) is 5.13. The van der Waals surface area contributed by atoms with E-state index in [-0.39, 0.29) is 5.91 Å². The fraction of sp³-hybridized carbons (Fsp3) is 0.409. The van der Waals surface area contributed by atoms with E-state index in [2.05, 4.69) is 58.3 Å². The molecule has 0 aromatic heterocycles. The second kappa shape index (κ2) is 7.40. The van der Waals surface area contributed by atoms with Crippen LogP contribution in [0.1, 0.15) is 36.8 Å². The molecule has 2 aromatic carbocycles. The van der Waals surface area contributed by atoms with Crippen LogP contribution in [0.15, 0.2) is 60.7 Å². The van der Waals surface area contributed by atoms with E-state index in [0.717, 1.165) is 25.9 Å². The van der Waals surface area contributed by atoms with E-state index in [0.29, 0.717) is 18.6 Å². The van der Waals surface area contributed by atoms with E-state index in [4.69, 9.17) is 0 Å². The monoisotopic (exact) mass is 334 g/mol. The molecule has 3 heteroatoms. The van der Waals surface area contributed by atoms with Crippen molar-refractivity contribution in [2.24, 2.45) is 0 Å². The van der Waals surface area contributed by atoms with Gasteiger partial charge >= 0.3 is 0 Å². The number of nitrogens with zero attached hydrogens (tertiary/aromatic N) is 2. The van der Waals surface area contributed by atoms with Gasteiger partial charge in [-0.15, -0.1) is 0 Å². The summed E-state index contributed by atoms with van der Waals surface area (Å²) in [6.07, 6.45) is 4.76. The number of carbonyl (C=O) groups excluding carboxylic acids is 1. The highest BCUT2D eigenvalue weighted by atomic mass is 16.2. The van der Waals surface area contributed by atoms with Crippen LogP contribution in [0.2, 0.25) is 0 Å². The van der Waals surface area contributed by atoms with Gasteiger partial charge in [-0.3, -0.25) is 9.69 Å². The average molecular weight is 334 g/mol. The highest BCUT2D eigenvalue weighted by Gasteiger charge is 2.36. The van der Waals surface area contributed by atoms with Gasteiger partial charge in [-0.2, -0.15) is 0 Å². The van der Waals surface area contributed by atoms with Crippen molar-refractivity contribution in [3.63, 3.8) is 0 Å². The number of hydrogen-bond donors (Lipinski definition) is 0. The molecule has 2 fully saturated rings. The van der Waals surface area contributed by atoms with Crippen molar-refractivity contribution in [3.8, 4) is 0 Å². The van der Waals surface area contributed by atoms with Crippen LogP contribution < -0.4 is 0 Å². The zero-order chi connectivity index (χ0) is 17.1. The van der Waals surface area contributed by atoms with Crippen LogP contribution in [-0.4, -0.2) is 34.3 Å². The maximum atomic E-state index is 13.0. The Morgan fingerprint density at radius 3 is 1.80 bits per heavy atom. The standard InChI is InChI=1S/C22H26N2O/c25-22(24(21-13-14-21)16-19-9-5-2-6-10-19)17-23(20-11-12-20)15-18-7-3-1-4-8-18/h1-10,20-21H,11-17H2. The number of hydrogen-bond acceptors (Lipinski definition) is 2. The lowest BCUT2D eigenvalue weighted by Gasteiger charge is -2.28. The summed E-state index contributed by atoms with van der Waals surface area (Å²) in [6.45, 7) is 2.16. The summed E-state index contributed by atoms with van der Waals surface area (Å²) in [5.41, 5.74) is 2.52. The van der Waals surface area contributed by atoms with Crippen LogP contribution in [0.5, 0.6) is 0 Å². The van der Waals surface area contributed by atoms with Gasteiger partial charge < -0.3 is 4.90 Å². The van der Waals surface area contributed by atoms with Gasteiger partial charge in [0.25, 0.3) is 0 Å². The Labute approximate surface area is 150 Å². The molecule has 0 heterocycles. The Bertz CT molecular complexity index is 692. The predicted octanol–water partition coefficient (Wildman–Crippen LogP) is 3.84. The Morgan fingerprint density at radius 2 is 1.28 bits per heavy atom. The van der Waals surface area contributed by atoms with Crippen molar-refractivity contribution in [1.82, 2.24) is 9.80 Å². The van der Waals surface area contributed by atoms with E-state index in [1.54, 1.807) is 0 Å². The molecule has 0 radical (unpaired) electrons. The Kier molecular flexibility index (Phi) is 4.84. The van der Waals surface area contributed by atoms with Crippen molar-refractivity contribution in [3.05, 3.63) is 71.8 Å². The van der Waals surface area contributed by atoms with E-state index >= 15 is 0 Å². The van der Waals surface area contributed by atoms with Crippen LogP contribution in [0.3, 0.4) is 0 Å². The molecule has 2 aromatic rings. The molecule has 4 rings (SSSR count). The lowest BCUT2D eigenvalue weighted by Crippen LogP contribution is -2.41. The third kappa shape index (κ3) is 4.49. The molecule has 2 aliphatic rings. The highest BCUT2D eigenvalue weighted by Crippen LogP contribution is 2.31. The second-order valence-corrected chi connectivity index (χ2v) is 7.36. The molecular weight excluding hydrogens is 308 g/mol. The van der Waals surface area contributed by atoms with Crippen LogP contribution in [0.4, 0.5) is 0 Å². The molecule has 2 aliphatic carbocycles. The number of carbonyl (C=O) groups is 1.